The quantitative estimate of drug-likeness (QED) is 0.687. The molecule has 0 saturated carbocycles. The van der Waals surface area contributed by atoms with Crippen LogP contribution in [0.2, 0.25) is 0 Å². The van der Waals surface area contributed by atoms with E-state index in [1.165, 1.54) is 0 Å². The third kappa shape index (κ3) is 2.75. The van der Waals surface area contributed by atoms with Crippen LogP contribution in [0.5, 0.6) is 0 Å². The van der Waals surface area contributed by atoms with Gasteiger partial charge in [-0.05, 0) is 24.6 Å². The molecule has 3 N–H and O–H groups in total. The number of amides is 2. The summed E-state index contributed by atoms with van der Waals surface area (Å²) in [5.41, 5.74) is 2.29. The summed E-state index contributed by atoms with van der Waals surface area (Å²) in [4.78, 5) is 11.5. The number of carbonyl (C=O) groups is 1. The largest absolute Gasteiger partial charge is 0.396 e. The Labute approximate surface area is 104 Å². The minimum absolute atomic E-state index is 0.0614. The van der Waals surface area contributed by atoms with Crippen LogP contribution < -0.4 is 10.6 Å². The molecule has 0 atom stereocenters. The van der Waals surface area contributed by atoms with Crippen LogP contribution in [-0.2, 0) is 7.05 Å². The van der Waals surface area contributed by atoms with E-state index < -0.39 is 0 Å². The molecule has 2 amide bonds. The molecule has 7 nitrogen and oxygen atoms in total. The third-order valence-corrected chi connectivity index (χ3v) is 2.49. The highest BCUT2D eigenvalue weighted by atomic mass is 16.3. The van der Waals surface area contributed by atoms with E-state index >= 15 is 0 Å². The van der Waals surface area contributed by atoms with E-state index in [9.17, 15) is 4.79 Å². The molecule has 18 heavy (non-hydrogen) atoms. The number of fused-ring (bicyclic) bond motifs is 1. The topological polar surface area (TPSA) is 92.1 Å². The normalized spacial score (nSPS) is 10.6. The maximum Gasteiger partial charge on any atom is 0.319 e. The average Bonchev–Trinajstić information content (AvgIpc) is 2.71. The fourth-order valence-corrected chi connectivity index (χ4v) is 1.57. The number of aliphatic hydroxyl groups is 1. The van der Waals surface area contributed by atoms with Crippen molar-refractivity contribution in [2.75, 3.05) is 18.5 Å². The fraction of sp³-hybridized carbons (Fsp3) is 0.364. The summed E-state index contributed by atoms with van der Waals surface area (Å²) >= 11 is 0. The predicted octanol–water partition coefficient (Wildman–Crippen LogP) is 0.472. The van der Waals surface area contributed by atoms with Gasteiger partial charge in [-0.25, -0.2) is 9.48 Å². The Morgan fingerprint density at radius 2 is 2.33 bits per heavy atom. The Bertz CT molecular complexity index is 551. The first-order chi connectivity index (χ1) is 8.70. The summed E-state index contributed by atoms with van der Waals surface area (Å²) in [6, 6.07) is 5.09. The summed E-state index contributed by atoms with van der Waals surface area (Å²) in [5, 5.41) is 21.8. The van der Waals surface area contributed by atoms with Gasteiger partial charge in [-0.15, -0.1) is 5.10 Å². The molecule has 1 heterocycles. The Morgan fingerprint density at radius 3 is 3.11 bits per heavy atom. The number of hydrogen-bond donors (Lipinski definition) is 3. The molecular formula is C11H15N5O2. The summed E-state index contributed by atoms with van der Waals surface area (Å²) < 4.78 is 1.67. The van der Waals surface area contributed by atoms with Crippen LogP contribution in [-0.4, -0.2) is 39.3 Å². The van der Waals surface area contributed by atoms with E-state index in [2.05, 4.69) is 20.9 Å². The zero-order valence-corrected chi connectivity index (χ0v) is 10.1. The van der Waals surface area contributed by atoms with Crippen LogP contribution in [0.25, 0.3) is 11.0 Å². The number of aromatic nitrogens is 3. The van der Waals surface area contributed by atoms with Gasteiger partial charge in [-0.1, -0.05) is 5.21 Å². The summed E-state index contributed by atoms with van der Waals surface area (Å²) in [5.74, 6) is 0. The van der Waals surface area contributed by atoms with Crippen molar-refractivity contribution in [2.24, 2.45) is 7.05 Å². The lowest BCUT2D eigenvalue weighted by Crippen LogP contribution is -2.29. The van der Waals surface area contributed by atoms with Crippen molar-refractivity contribution in [2.45, 2.75) is 6.42 Å². The molecule has 0 aliphatic carbocycles. The van der Waals surface area contributed by atoms with Crippen LogP contribution in [0.3, 0.4) is 0 Å². The van der Waals surface area contributed by atoms with Gasteiger partial charge in [0.15, 0.2) is 0 Å². The van der Waals surface area contributed by atoms with Crippen molar-refractivity contribution in [3.05, 3.63) is 18.2 Å². The van der Waals surface area contributed by atoms with Crippen molar-refractivity contribution in [3.8, 4) is 0 Å². The second kappa shape index (κ2) is 5.46. The van der Waals surface area contributed by atoms with Gasteiger partial charge in [-0.3, -0.25) is 0 Å². The van der Waals surface area contributed by atoms with Gasteiger partial charge < -0.3 is 15.7 Å². The Kier molecular flexibility index (Phi) is 3.73. The molecule has 0 bridgehead atoms. The number of nitrogens with zero attached hydrogens (tertiary/aromatic N) is 3. The number of anilines is 1. The number of aryl methyl sites for hydroxylation is 1. The number of aliphatic hydroxyl groups excluding tert-OH is 1. The number of nitrogens with one attached hydrogen (secondary N) is 2. The standard InChI is InChI=1S/C11H15N5O2/c1-16-10-4-3-8(7-9(10)14-15-16)13-11(18)12-5-2-6-17/h3-4,7,17H,2,5-6H2,1H3,(H2,12,13,18). The smallest absolute Gasteiger partial charge is 0.319 e. The van der Waals surface area contributed by atoms with E-state index in [0.717, 1.165) is 11.0 Å². The summed E-state index contributed by atoms with van der Waals surface area (Å²) in [7, 11) is 1.81. The molecule has 2 rings (SSSR count). The molecule has 0 saturated heterocycles. The average molecular weight is 249 g/mol. The zero-order chi connectivity index (χ0) is 13.0. The Hall–Kier alpha value is -2.15. The van der Waals surface area contributed by atoms with Crippen LogP contribution in [0.1, 0.15) is 6.42 Å². The molecule has 0 radical (unpaired) electrons. The molecule has 0 aliphatic heterocycles. The second-order valence-corrected chi connectivity index (χ2v) is 3.87. The molecular weight excluding hydrogens is 234 g/mol. The highest BCUT2D eigenvalue weighted by Gasteiger charge is 2.05. The van der Waals surface area contributed by atoms with Gasteiger partial charge in [0.05, 0.1) is 5.52 Å². The molecule has 1 aromatic carbocycles. The SMILES string of the molecule is Cn1nnc2cc(NC(=O)NCCCO)ccc21. The molecule has 0 unspecified atom stereocenters. The Morgan fingerprint density at radius 1 is 1.50 bits per heavy atom. The van der Waals surface area contributed by atoms with Crippen molar-refractivity contribution in [1.82, 2.24) is 20.3 Å². The minimum atomic E-state index is -0.299. The first-order valence-corrected chi connectivity index (χ1v) is 5.66. The Balaban J connectivity index is 2.01. The van der Waals surface area contributed by atoms with Gasteiger partial charge in [0.25, 0.3) is 0 Å². The molecule has 96 valence electrons. The van der Waals surface area contributed by atoms with Crippen molar-refractivity contribution in [1.29, 1.82) is 0 Å². The summed E-state index contributed by atoms with van der Waals surface area (Å²) in [6.45, 7) is 0.502. The van der Waals surface area contributed by atoms with Gasteiger partial charge >= 0.3 is 6.03 Å². The third-order valence-electron chi connectivity index (χ3n) is 2.49. The lowest BCUT2D eigenvalue weighted by molar-refractivity contribution is 0.249. The van der Waals surface area contributed by atoms with E-state index in [0.29, 0.717) is 18.7 Å². The molecule has 0 fully saturated rings. The lowest BCUT2D eigenvalue weighted by atomic mass is 10.3. The van der Waals surface area contributed by atoms with Gasteiger partial charge in [-0.2, -0.15) is 0 Å². The van der Waals surface area contributed by atoms with E-state index in [1.54, 1.807) is 16.8 Å². The fourth-order valence-electron chi connectivity index (χ4n) is 1.57. The molecule has 0 spiro atoms. The van der Waals surface area contributed by atoms with Crippen LogP contribution in [0, 0.1) is 0 Å². The predicted molar refractivity (Wildman–Crippen MR) is 67.2 cm³/mol. The van der Waals surface area contributed by atoms with Crippen LogP contribution in [0.4, 0.5) is 10.5 Å². The maximum absolute atomic E-state index is 11.5. The lowest BCUT2D eigenvalue weighted by Gasteiger charge is -2.06. The summed E-state index contributed by atoms with van der Waals surface area (Å²) in [6.07, 6.45) is 0.538. The number of rotatable bonds is 4. The maximum atomic E-state index is 11.5. The van der Waals surface area contributed by atoms with Crippen molar-refractivity contribution in [3.63, 3.8) is 0 Å². The van der Waals surface area contributed by atoms with Gasteiger partial charge in [0.1, 0.15) is 5.52 Å². The van der Waals surface area contributed by atoms with E-state index in [4.69, 9.17) is 5.11 Å². The van der Waals surface area contributed by atoms with Crippen molar-refractivity contribution < 1.29 is 9.90 Å². The first kappa shape index (κ1) is 12.3. The second-order valence-electron chi connectivity index (χ2n) is 3.87. The van der Waals surface area contributed by atoms with Gasteiger partial charge in [0.2, 0.25) is 0 Å². The number of benzene rings is 1. The molecule has 7 heteroatoms. The van der Waals surface area contributed by atoms with Crippen LogP contribution >= 0.6 is 0 Å². The van der Waals surface area contributed by atoms with Crippen molar-refractivity contribution >= 4 is 22.8 Å². The number of urea groups is 1. The van der Waals surface area contributed by atoms with Gasteiger partial charge in [0, 0.05) is 25.9 Å². The highest BCUT2D eigenvalue weighted by Crippen LogP contribution is 2.15. The molecule has 1 aromatic heterocycles. The van der Waals surface area contributed by atoms with E-state index in [-0.39, 0.29) is 12.6 Å². The zero-order valence-electron chi connectivity index (χ0n) is 10.1. The highest BCUT2D eigenvalue weighted by molar-refractivity contribution is 5.91. The number of carbonyl (C=O) groups excluding carboxylic acids is 1. The number of hydrogen-bond acceptors (Lipinski definition) is 4. The van der Waals surface area contributed by atoms with Crippen LogP contribution in [0.15, 0.2) is 18.2 Å². The first-order valence-electron chi connectivity index (χ1n) is 5.66. The minimum Gasteiger partial charge on any atom is -0.396 e. The molecule has 2 aromatic rings. The molecule has 0 aliphatic rings. The monoisotopic (exact) mass is 249 g/mol. The van der Waals surface area contributed by atoms with E-state index in [1.807, 2.05) is 13.1 Å².